The average Bonchev–Trinajstić information content (AvgIpc) is 3.48. The van der Waals surface area contributed by atoms with Crippen molar-refractivity contribution in [1.29, 1.82) is 0 Å². The van der Waals surface area contributed by atoms with E-state index in [4.69, 9.17) is 9.72 Å². The standard InChI is InChI=1S/C34H35F2N5O3/c1-3-23-26(35)6-5-20-9-21(42)10-24(27(20)23)29-28(36)30-25(14-37-29)31(40-16-33(17-40)12-22(43)13-33)39-32(38-30)44-18-34-7-4-8-41(34)15-19(2)11-34/h5-6,9-10,14,19,42H,3-4,7-8,11-13,15-18H2,1-2H3/t19-,34+/m1/s1. The van der Waals surface area contributed by atoms with E-state index in [-0.39, 0.29) is 39.7 Å². The molecule has 0 bridgehead atoms. The molecule has 1 spiro atoms. The van der Waals surface area contributed by atoms with E-state index in [9.17, 15) is 14.3 Å². The molecule has 0 amide bonds. The van der Waals surface area contributed by atoms with Crippen LogP contribution in [0.1, 0.15) is 51.5 Å². The number of pyridine rings is 1. The first-order chi connectivity index (χ1) is 21.2. The number of aromatic hydroxyl groups is 1. The van der Waals surface area contributed by atoms with Gasteiger partial charge >= 0.3 is 6.01 Å². The van der Waals surface area contributed by atoms with Crippen molar-refractivity contribution < 1.29 is 23.4 Å². The molecule has 1 aliphatic carbocycles. The Morgan fingerprint density at radius 2 is 1.98 bits per heavy atom. The van der Waals surface area contributed by atoms with Crippen LogP contribution < -0.4 is 9.64 Å². The number of hydrogen-bond acceptors (Lipinski definition) is 8. The number of carbonyl (C=O) groups excluding carboxylic acids is 1. The highest BCUT2D eigenvalue weighted by molar-refractivity contribution is 6.02. The van der Waals surface area contributed by atoms with Crippen LogP contribution in [-0.4, -0.2) is 69.1 Å². The van der Waals surface area contributed by atoms with Crippen LogP contribution in [0.5, 0.6) is 11.8 Å². The zero-order valence-electron chi connectivity index (χ0n) is 25.0. The Kier molecular flexibility index (Phi) is 6.14. The van der Waals surface area contributed by atoms with Crippen LogP contribution in [0.15, 0.2) is 30.5 Å². The van der Waals surface area contributed by atoms with Gasteiger partial charge in [0, 0.05) is 49.7 Å². The number of halogens is 2. The maximum absolute atomic E-state index is 16.7. The molecule has 2 aromatic carbocycles. The molecule has 3 aliphatic heterocycles. The highest BCUT2D eigenvalue weighted by atomic mass is 19.1. The second-order valence-electron chi connectivity index (χ2n) is 13.6. The summed E-state index contributed by atoms with van der Waals surface area (Å²) in [6.45, 7) is 7.93. The number of phenolic OH excluding ortho intramolecular Hbond substituents is 1. The number of ether oxygens (including phenoxy) is 1. The Morgan fingerprint density at radius 3 is 2.75 bits per heavy atom. The van der Waals surface area contributed by atoms with Gasteiger partial charge in [-0.3, -0.25) is 14.7 Å². The van der Waals surface area contributed by atoms with Crippen LogP contribution in [0.2, 0.25) is 0 Å². The van der Waals surface area contributed by atoms with Gasteiger partial charge in [0.25, 0.3) is 0 Å². The second-order valence-corrected chi connectivity index (χ2v) is 13.6. The van der Waals surface area contributed by atoms with Crippen LogP contribution in [0.25, 0.3) is 32.9 Å². The highest BCUT2D eigenvalue weighted by Gasteiger charge is 2.53. The fourth-order valence-corrected chi connectivity index (χ4v) is 8.49. The molecule has 44 heavy (non-hydrogen) atoms. The third-order valence-electron chi connectivity index (χ3n) is 10.4. The Balaban J connectivity index is 1.25. The number of ketones is 1. The van der Waals surface area contributed by atoms with Gasteiger partial charge < -0.3 is 14.7 Å². The van der Waals surface area contributed by atoms with Crippen LogP contribution in [0, 0.1) is 23.0 Å². The van der Waals surface area contributed by atoms with Crippen molar-refractivity contribution in [2.45, 2.75) is 57.9 Å². The summed E-state index contributed by atoms with van der Waals surface area (Å²) in [6.07, 6.45) is 6.27. The lowest BCUT2D eigenvalue weighted by atomic mass is 9.63. The first-order valence-corrected chi connectivity index (χ1v) is 15.6. The fourth-order valence-electron chi connectivity index (χ4n) is 8.49. The molecule has 1 N–H and O–H groups in total. The molecular formula is C34H35F2N5O3. The number of aryl methyl sites for hydroxylation is 1. The molecule has 0 unspecified atom stereocenters. The molecule has 4 aliphatic rings. The van der Waals surface area contributed by atoms with Gasteiger partial charge in [-0.05, 0) is 72.7 Å². The first-order valence-electron chi connectivity index (χ1n) is 15.6. The van der Waals surface area contributed by atoms with Crippen molar-refractivity contribution in [2.24, 2.45) is 11.3 Å². The molecule has 2 aromatic heterocycles. The molecule has 8 nitrogen and oxygen atoms in total. The predicted molar refractivity (Wildman–Crippen MR) is 163 cm³/mol. The molecule has 8 rings (SSSR count). The lowest BCUT2D eigenvalue weighted by molar-refractivity contribution is -0.134. The van der Waals surface area contributed by atoms with Crippen molar-refractivity contribution in [3.63, 3.8) is 0 Å². The van der Waals surface area contributed by atoms with Gasteiger partial charge in [-0.1, -0.05) is 19.9 Å². The van der Waals surface area contributed by atoms with Crippen molar-refractivity contribution in [2.75, 3.05) is 37.7 Å². The van der Waals surface area contributed by atoms with Gasteiger partial charge in [-0.15, -0.1) is 0 Å². The Bertz CT molecular complexity index is 1850. The van der Waals surface area contributed by atoms with E-state index in [1.54, 1.807) is 18.3 Å². The summed E-state index contributed by atoms with van der Waals surface area (Å²) in [5.74, 6) is 0.243. The predicted octanol–water partition coefficient (Wildman–Crippen LogP) is 5.81. The van der Waals surface area contributed by atoms with E-state index >= 15 is 4.39 Å². The smallest absolute Gasteiger partial charge is 0.319 e. The van der Waals surface area contributed by atoms with Gasteiger partial charge in [0.2, 0.25) is 0 Å². The number of carbonyl (C=O) groups is 1. The third-order valence-corrected chi connectivity index (χ3v) is 10.4. The van der Waals surface area contributed by atoms with E-state index in [1.807, 2.05) is 6.92 Å². The first kappa shape index (κ1) is 27.6. The molecule has 0 radical (unpaired) electrons. The Morgan fingerprint density at radius 1 is 1.16 bits per heavy atom. The molecule has 228 valence electrons. The van der Waals surface area contributed by atoms with Crippen LogP contribution in [-0.2, 0) is 11.2 Å². The summed E-state index contributed by atoms with van der Waals surface area (Å²) in [5.41, 5.74) is 0.670. The van der Waals surface area contributed by atoms with E-state index in [2.05, 4.69) is 26.7 Å². The number of hydrogen-bond donors (Lipinski definition) is 1. The summed E-state index contributed by atoms with van der Waals surface area (Å²) in [4.78, 5) is 30.3. The molecule has 3 saturated heterocycles. The third kappa shape index (κ3) is 4.17. The maximum atomic E-state index is 16.7. The number of Topliss-reactive ketones (excluding diaryl/α,β-unsaturated/α-hetero) is 1. The fraction of sp³-hybridized carbons (Fsp3) is 0.471. The number of phenols is 1. The zero-order valence-corrected chi connectivity index (χ0v) is 25.0. The zero-order chi connectivity index (χ0) is 30.4. The molecule has 4 fully saturated rings. The largest absolute Gasteiger partial charge is 0.508 e. The summed E-state index contributed by atoms with van der Waals surface area (Å²) < 4.78 is 38.0. The van der Waals surface area contributed by atoms with Gasteiger partial charge in [-0.2, -0.15) is 9.97 Å². The number of benzene rings is 2. The maximum Gasteiger partial charge on any atom is 0.319 e. The monoisotopic (exact) mass is 599 g/mol. The Labute approximate surface area is 254 Å². The van der Waals surface area contributed by atoms with E-state index < -0.39 is 11.6 Å². The normalized spacial score (nSPS) is 24.2. The molecule has 1 saturated carbocycles. The topological polar surface area (TPSA) is 91.7 Å². The molecule has 5 heterocycles. The van der Waals surface area contributed by atoms with Crippen LogP contribution in [0.3, 0.4) is 0 Å². The molecule has 2 atom stereocenters. The number of rotatable bonds is 6. The van der Waals surface area contributed by atoms with E-state index in [1.165, 1.54) is 12.1 Å². The number of fused-ring (bicyclic) bond motifs is 3. The van der Waals surface area contributed by atoms with Gasteiger partial charge in [0.05, 0.1) is 10.9 Å². The lowest BCUT2D eigenvalue weighted by Gasteiger charge is -2.55. The minimum Gasteiger partial charge on any atom is -0.508 e. The SMILES string of the molecule is CCc1c(F)ccc2cc(O)cc(-c3ncc4c(N5CC6(CC(=O)C6)C5)nc(OC[C@@]56CCCN5C[C@H](C)C6)nc4c3F)c12. The number of anilines is 1. The quantitative estimate of drug-likeness (QED) is 0.297. The summed E-state index contributed by atoms with van der Waals surface area (Å²) in [5, 5.41) is 12.1. The van der Waals surface area contributed by atoms with Crippen LogP contribution >= 0.6 is 0 Å². The number of aromatic nitrogens is 3. The van der Waals surface area contributed by atoms with Crippen molar-refractivity contribution in [1.82, 2.24) is 19.9 Å². The van der Waals surface area contributed by atoms with E-state index in [0.717, 1.165) is 32.4 Å². The van der Waals surface area contributed by atoms with Gasteiger partial charge in [0.1, 0.15) is 41.0 Å². The molecular weight excluding hydrogens is 564 g/mol. The minimum atomic E-state index is -0.682. The molecule has 10 heteroatoms. The Hall–Kier alpha value is -3.92. The highest BCUT2D eigenvalue weighted by Crippen LogP contribution is 2.49. The lowest BCUT2D eigenvalue weighted by Crippen LogP contribution is -2.63. The van der Waals surface area contributed by atoms with Gasteiger partial charge in [0.15, 0.2) is 5.82 Å². The average molecular weight is 600 g/mol. The van der Waals surface area contributed by atoms with E-state index in [0.29, 0.717) is 78.0 Å². The summed E-state index contributed by atoms with van der Waals surface area (Å²) in [7, 11) is 0. The van der Waals surface area contributed by atoms with Crippen molar-refractivity contribution in [3.05, 3.63) is 47.7 Å². The summed E-state index contributed by atoms with van der Waals surface area (Å²) in [6, 6.07) is 6.03. The van der Waals surface area contributed by atoms with Gasteiger partial charge in [-0.25, -0.2) is 8.78 Å². The summed E-state index contributed by atoms with van der Waals surface area (Å²) >= 11 is 0. The van der Waals surface area contributed by atoms with Crippen molar-refractivity contribution in [3.8, 4) is 23.0 Å². The molecule has 4 aromatic rings. The van der Waals surface area contributed by atoms with Crippen molar-refractivity contribution >= 4 is 33.3 Å². The number of nitrogens with zero attached hydrogens (tertiary/aromatic N) is 5. The second kappa shape index (κ2) is 9.79. The minimum absolute atomic E-state index is 0.0239. The van der Waals surface area contributed by atoms with Crippen LogP contribution in [0.4, 0.5) is 14.6 Å².